The van der Waals surface area contributed by atoms with Gasteiger partial charge in [0, 0.05) is 11.5 Å². The van der Waals surface area contributed by atoms with Crippen LogP contribution in [0.4, 0.5) is 0 Å². The van der Waals surface area contributed by atoms with Crippen molar-refractivity contribution in [2.24, 2.45) is 0 Å². The molecule has 4 heteroatoms. The first-order valence-corrected chi connectivity index (χ1v) is 6.96. The second-order valence-electron chi connectivity index (χ2n) is 3.58. The molecule has 2 aromatic rings. The molecule has 0 fully saturated rings. The van der Waals surface area contributed by atoms with Gasteiger partial charge < -0.3 is 9.84 Å². The van der Waals surface area contributed by atoms with Crippen LogP contribution in [-0.2, 0) is 13.0 Å². The maximum atomic E-state index is 8.97. The number of thiophene rings is 1. The Bertz CT molecular complexity index is 482. The van der Waals surface area contributed by atoms with Crippen LogP contribution in [0.25, 0.3) is 0 Å². The standard InChI is InChI=1S/C13H13BrO2S/c14-13-6-5-11(17-13)9-16-12-4-2-1-3-10(12)7-8-15/h1-6,15H,7-9H2. The largest absolute Gasteiger partial charge is 0.488 e. The number of halogens is 1. The molecule has 0 aliphatic rings. The molecule has 0 saturated heterocycles. The molecule has 0 saturated carbocycles. The lowest BCUT2D eigenvalue weighted by molar-refractivity contribution is 0.285. The number of aliphatic hydroxyl groups is 1. The molecule has 0 aliphatic carbocycles. The van der Waals surface area contributed by atoms with Crippen molar-refractivity contribution >= 4 is 27.3 Å². The molecule has 0 unspecified atom stereocenters. The highest BCUT2D eigenvalue weighted by Gasteiger charge is 2.04. The Morgan fingerprint density at radius 1 is 1.18 bits per heavy atom. The smallest absolute Gasteiger partial charge is 0.123 e. The van der Waals surface area contributed by atoms with Gasteiger partial charge >= 0.3 is 0 Å². The summed E-state index contributed by atoms with van der Waals surface area (Å²) >= 11 is 5.10. The van der Waals surface area contributed by atoms with Gasteiger partial charge in [-0.3, -0.25) is 0 Å². The van der Waals surface area contributed by atoms with E-state index in [1.165, 1.54) is 4.88 Å². The molecule has 17 heavy (non-hydrogen) atoms. The van der Waals surface area contributed by atoms with Crippen molar-refractivity contribution < 1.29 is 9.84 Å². The molecule has 0 amide bonds. The van der Waals surface area contributed by atoms with Crippen LogP contribution in [0.5, 0.6) is 5.75 Å². The van der Waals surface area contributed by atoms with Crippen LogP contribution in [0.15, 0.2) is 40.2 Å². The third-order valence-electron chi connectivity index (χ3n) is 2.35. The molecule has 0 radical (unpaired) electrons. The third kappa shape index (κ3) is 3.56. The van der Waals surface area contributed by atoms with Gasteiger partial charge in [0.25, 0.3) is 0 Å². The zero-order valence-corrected chi connectivity index (χ0v) is 11.6. The van der Waals surface area contributed by atoms with E-state index in [1.807, 2.05) is 36.4 Å². The Balaban J connectivity index is 2.03. The van der Waals surface area contributed by atoms with Crippen molar-refractivity contribution in [2.45, 2.75) is 13.0 Å². The number of hydrogen-bond acceptors (Lipinski definition) is 3. The van der Waals surface area contributed by atoms with Crippen LogP contribution in [0.3, 0.4) is 0 Å². The zero-order valence-electron chi connectivity index (χ0n) is 9.23. The number of rotatable bonds is 5. The average molecular weight is 313 g/mol. The maximum absolute atomic E-state index is 8.97. The Hall–Kier alpha value is -0.840. The molecule has 1 aromatic carbocycles. The Morgan fingerprint density at radius 3 is 2.71 bits per heavy atom. The van der Waals surface area contributed by atoms with Crippen LogP contribution >= 0.6 is 27.3 Å². The van der Waals surface area contributed by atoms with Crippen molar-refractivity contribution in [1.82, 2.24) is 0 Å². The molecule has 1 heterocycles. The van der Waals surface area contributed by atoms with Crippen molar-refractivity contribution in [2.75, 3.05) is 6.61 Å². The van der Waals surface area contributed by atoms with E-state index in [0.29, 0.717) is 13.0 Å². The number of aliphatic hydroxyl groups excluding tert-OH is 1. The molecule has 0 atom stereocenters. The van der Waals surface area contributed by atoms with Crippen molar-refractivity contribution in [3.8, 4) is 5.75 Å². The molecule has 0 bridgehead atoms. The topological polar surface area (TPSA) is 29.5 Å². The molecule has 1 aromatic heterocycles. The summed E-state index contributed by atoms with van der Waals surface area (Å²) in [7, 11) is 0. The molecule has 0 aliphatic heterocycles. The van der Waals surface area contributed by atoms with Crippen LogP contribution in [0.2, 0.25) is 0 Å². The lowest BCUT2D eigenvalue weighted by Gasteiger charge is -2.09. The lowest BCUT2D eigenvalue weighted by Crippen LogP contribution is -1.98. The molecule has 90 valence electrons. The highest BCUT2D eigenvalue weighted by Crippen LogP contribution is 2.25. The van der Waals surface area contributed by atoms with Gasteiger partial charge in [-0.05, 0) is 46.1 Å². The highest BCUT2D eigenvalue weighted by atomic mass is 79.9. The lowest BCUT2D eigenvalue weighted by atomic mass is 10.1. The van der Waals surface area contributed by atoms with E-state index < -0.39 is 0 Å². The number of ether oxygens (including phenoxy) is 1. The van der Waals surface area contributed by atoms with E-state index >= 15 is 0 Å². The SMILES string of the molecule is OCCc1ccccc1OCc1ccc(Br)s1. The normalized spacial score (nSPS) is 10.5. The summed E-state index contributed by atoms with van der Waals surface area (Å²) in [4.78, 5) is 1.18. The number of para-hydroxylation sites is 1. The Kier molecular flexibility index (Phi) is 4.59. The van der Waals surface area contributed by atoms with Crippen molar-refractivity contribution in [3.63, 3.8) is 0 Å². The van der Waals surface area contributed by atoms with Gasteiger partial charge in [0.1, 0.15) is 12.4 Å². The summed E-state index contributed by atoms with van der Waals surface area (Å²) in [5.41, 5.74) is 1.05. The van der Waals surface area contributed by atoms with Crippen molar-refractivity contribution in [3.05, 3.63) is 50.6 Å². The second-order valence-corrected chi connectivity index (χ2v) is 6.12. The van der Waals surface area contributed by atoms with Gasteiger partial charge in [0.2, 0.25) is 0 Å². The third-order valence-corrected chi connectivity index (χ3v) is 3.95. The van der Waals surface area contributed by atoms with E-state index in [4.69, 9.17) is 9.84 Å². The molecule has 2 nitrogen and oxygen atoms in total. The number of hydrogen-bond donors (Lipinski definition) is 1. The molecule has 1 N–H and O–H groups in total. The molecular formula is C13H13BrO2S. The molecule has 2 rings (SSSR count). The van der Waals surface area contributed by atoms with Gasteiger partial charge in [-0.2, -0.15) is 0 Å². The van der Waals surface area contributed by atoms with Gasteiger partial charge in [-0.15, -0.1) is 11.3 Å². The monoisotopic (exact) mass is 312 g/mol. The first kappa shape index (κ1) is 12.6. The van der Waals surface area contributed by atoms with E-state index in [2.05, 4.69) is 15.9 Å². The fraction of sp³-hybridized carbons (Fsp3) is 0.231. The van der Waals surface area contributed by atoms with Crippen LogP contribution in [0, 0.1) is 0 Å². The zero-order chi connectivity index (χ0) is 12.1. The quantitative estimate of drug-likeness (QED) is 0.913. The van der Waals surface area contributed by atoms with Gasteiger partial charge in [-0.25, -0.2) is 0 Å². The van der Waals surface area contributed by atoms with E-state index in [9.17, 15) is 0 Å². The first-order valence-electron chi connectivity index (χ1n) is 5.35. The van der Waals surface area contributed by atoms with E-state index in [0.717, 1.165) is 15.1 Å². The summed E-state index contributed by atoms with van der Waals surface area (Å²) in [5.74, 6) is 0.853. The highest BCUT2D eigenvalue weighted by molar-refractivity contribution is 9.11. The minimum absolute atomic E-state index is 0.144. The Labute approximate surface area is 113 Å². The van der Waals surface area contributed by atoms with Crippen LogP contribution in [0.1, 0.15) is 10.4 Å². The summed E-state index contributed by atoms with van der Waals surface area (Å²) in [6.07, 6.45) is 0.629. The van der Waals surface area contributed by atoms with Gasteiger partial charge in [0.05, 0.1) is 3.79 Å². The Morgan fingerprint density at radius 2 is 2.00 bits per heavy atom. The fourth-order valence-corrected chi connectivity index (χ4v) is 2.95. The second kappa shape index (κ2) is 6.19. The maximum Gasteiger partial charge on any atom is 0.123 e. The minimum Gasteiger partial charge on any atom is -0.488 e. The summed E-state index contributed by atoms with van der Waals surface area (Å²) in [5, 5.41) is 8.97. The predicted molar refractivity (Wildman–Crippen MR) is 73.6 cm³/mol. The van der Waals surface area contributed by atoms with Gasteiger partial charge in [0.15, 0.2) is 0 Å². The van der Waals surface area contributed by atoms with Crippen molar-refractivity contribution in [1.29, 1.82) is 0 Å². The summed E-state index contributed by atoms with van der Waals surface area (Å²) < 4.78 is 6.88. The fourth-order valence-electron chi connectivity index (χ4n) is 1.55. The predicted octanol–water partition coefficient (Wildman–Crippen LogP) is 3.62. The summed E-state index contributed by atoms with van der Waals surface area (Å²) in [6.45, 7) is 0.712. The molecule has 0 spiro atoms. The van der Waals surface area contributed by atoms with E-state index in [1.54, 1.807) is 11.3 Å². The van der Waals surface area contributed by atoms with E-state index in [-0.39, 0.29) is 6.61 Å². The molecular weight excluding hydrogens is 300 g/mol. The summed E-state index contributed by atoms with van der Waals surface area (Å²) in [6, 6.07) is 11.9. The van der Waals surface area contributed by atoms with Crippen LogP contribution < -0.4 is 4.74 Å². The van der Waals surface area contributed by atoms with Gasteiger partial charge in [-0.1, -0.05) is 18.2 Å². The minimum atomic E-state index is 0.144. The van der Waals surface area contributed by atoms with Crippen LogP contribution in [-0.4, -0.2) is 11.7 Å². The average Bonchev–Trinajstić information content (AvgIpc) is 2.74. The first-order chi connectivity index (χ1) is 8.29. The number of benzene rings is 1.